The first-order chi connectivity index (χ1) is 12.3. The Morgan fingerprint density at radius 2 is 2.15 bits per heavy atom. The summed E-state index contributed by atoms with van der Waals surface area (Å²) in [4.78, 5) is 41.3. The number of imidazole rings is 1. The first-order valence-corrected chi connectivity index (χ1v) is 8.70. The summed E-state index contributed by atoms with van der Waals surface area (Å²) in [5, 5.41) is 1.84. The highest BCUT2D eigenvalue weighted by molar-refractivity contribution is 7.07. The number of aliphatic imine (C=N–C) groups is 1. The van der Waals surface area contributed by atoms with E-state index in [1.165, 1.54) is 23.7 Å². The number of nitrogens with one attached hydrogen (secondary N) is 1. The summed E-state index contributed by atoms with van der Waals surface area (Å²) in [5.41, 5.74) is 2.37. The van der Waals surface area contributed by atoms with Crippen LogP contribution >= 0.6 is 11.3 Å². The molecule has 1 aliphatic rings. The fourth-order valence-electron chi connectivity index (χ4n) is 2.09. The minimum Gasteiger partial charge on any atom is -0.443 e. The molecule has 26 heavy (non-hydrogen) atoms. The molecule has 0 aliphatic carbocycles. The number of amidine groups is 1. The van der Waals surface area contributed by atoms with Crippen LogP contribution in [0.15, 0.2) is 40.2 Å². The van der Waals surface area contributed by atoms with Gasteiger partial charge in [-0.05, 0) is 39.0 Å². The molecule has 0 fully saturated rings. The molecule has 0 aromatic carbocycles. The van der Waals surface area contributed by atoms with Gasteiger partial charge < -0.3 is 9.72 Å². The van der Waals surface area contributed by atoms with Gasteiger partial charge in [-0.1, -0.05) is 0 Å². The fraction of sp³-hybridized carbons (Fsp3) is 0.235. The number of carbonyl (C=O) groups excluding carboxylic acids is 2. The van der Waals surface area contributed by atoms with Crippen LogP contribution in [0.1, 0.15) is 32.2 Å². The number of nitrogens with zero attached hydrogens (tertiary/aromatic N) is 4. The third-order valence-electron chi connectivity index (χ3n) is 3.13. The van der Waals surface area contributed by atoms with Crippen LogP contribution in [0.3, 0.4) is 0 Å². The van der Waals surface area contributed by atoms with E-state index >= 15 is 0 Å². The number of H-pyrrole nitrogens is 1. The molecule has 2 amide bonds. The maximum absolute atomic E-state index is 12.7. The Balaban J connectivity index is 1.93. The van der Waals surface area contributed by atoms with E-state index in [9.17, 15) is 9.59 Å². The van der Waals surface area contributed by atoms with E-state index in [0.717, 1.165) is 4.90 Å². The SMILES string of the molecule is CC(C)(C)OC(=O)N1C(=O)/C(=C/c2cnc[nH]2)N=C1/C=C/c1cscn1. The molecular formula is C17H17N5O3S. The van der Waals surface area contributed by atoms with Crippen molar-refractivity contribution in [1.29, 1.82) is 0 Å². The topological polar surface area (TPSA) is 101 Å². The summed E-state index contributed by atoms with van der Waals surface area (Å²) < 4.78 is 5.33. The third kappa shape index (κ3) is 4.12. The number of amides is 2. The van der Waals surface area contributed by atoms with Crippen LogP contribution in [0, 0.1) is 0 Å². The standard InChI is InChI=1S/C17H17N5O3S/c1-17(2,3)25-16(24)22-14(5-4-11-8-26-10-20-11)21-13(15(22)23)6-12-7-18-9-19-12/h4-10H,1-3H3,(H,18,19)/b5-4+,13-6-. The first kappa shape index (κ1) is 17.7. The lowest BCUT2D eigenvalue weighted by Crippen LogP contribution is -2.41. The Morgan fingerprint density at radius 3 is 2.77 bits per heavy atom. The summed E-state index contributed by atoms with van der Waals surface area (Å²) in [6.07, 6.45) is 7.03. The first-order valence-electron chi connectivity index (χ1n) is 7.76. The molecule has 1 N–H and O–H groups in total. The number of rotatable bonds is 3. The van der Waals surface area contributed by atoms with Crippen LogP contribution in [0.5, 0.6) is 0 Å². The van der Waals surface area contributed by atoms with Crippen LogP contribution in [0.25, 0.3) is 12.2 Å². The molecule has 1 aliphatic heterocycles. The smallest absolute Gasteiger partial charge is 0.423 e. The summed E-state index contributed by atoms with van der Waals surface area (Å²) in [7, 11) is 0. The molecule has 2 aromatic rings. The summed E-state index contributed by atoms with van der Waals surface area (Å²) in [5.74, 6) is -0.394. The number of aromatic nitrogens is 3. The zero-order valence-electron chi connectivity index (χ0n) is 14.5. The van der Waals surface area contributed by atoms with Crippen molar-refractivity contribution in [3.8, 4) is 0 Å². The lowest BCUT2D eigenvalue weighted by Gasteiger charge is -2.23. The predicted molar refractivity (Wildman–Crippen MR) is 98.2 cm³/mol. The van der Waals surface area contributed by atoms with Crippen molar-refractivity contribution in [3.63, 3.8) is 0 Å². The highest BCUT2D eigenvalue weighted by Crippen LogP contribution is 2.21. The van der Waals surface area contributed by atoms with Gasteiger partial charge in [0.25, 0.3) is 5.91 Å². The monoisotopic (exact) mass is 371 g/mol. The zero-order valence-corrected chi connectivity index (χ0v) is 15.3. The molecule has 0 atom stereocenters. The molecule has 0 radical (unpaired) electrons. The lowest BCUT2D eigenvalue weighted by molar-refractivity contribution is -0.122. The van der Waals surface area contributed by atoms with Crippen LogP contribution in [0.2, 0.25) is 0 Å². The summed E-state index contributed by atoms with van der Waals surface area (Å²) in [6.45, 7) is 5.19. The van der Waals surface area contributed by atoms with Crippen molar-refractivity contribution in [2.24, 2.45) is 4.99 Å². The number of hydrogen-bond donors (Lipinski definition) is 1. The van der Waals surface area contributed by atoms with Gasteiger partial charge in [0.05, 0.1) is 29.4 Å². The number of hydrogen-bond acceptors (Lipinski definition) is 7. The van der Waals surface area contributed by atoms with E-state index in [1.54, 1.807) is 44.6 Å². The number of carbonyl (C=O) groups is 2. The minimum atomic E-state index is -0.780. The summed E-state index contributed by atoms with van der Waals surface area (Å²) in [6, 6.07) is 0. The van der Waals surface area contributed by atoms with Crippen LogP contribution in [0.4, 0.5) is 4.79 Å². The second kappa shape index (κ2) is 7.04. The number of aromatic amines is 1. The second-order valence-electron chi connectivity index (χ2n) is 6.37. The predicted octanol–water partition coefficient (Wildman–Crippen LogP) is 3.10. The molecule has 8 nitrogen and oxygen atoms in total. The van der Waals surface area contributed by atoms with E-state index in [1.807, 2.05) is 5.38 Å². The largest absolute Gasteiger partial charge is 0.443 e. The van der Waals surface area contributed by atoms with Crippen LogP contribution in [-0.4, -0.2) is 43.3 Å². The van der Waals surface area contributed by atoms with Gasteiger partial charge in [0.1, 0.15) is 17.1 Å². The van der Waals surface area contributed by atoms with E-state index in [2.05, 4.69) is 19.9 Å². The van der Waals surface area contributed by atoms with Crippen LogP contribution in [-0.2, 0) is 9.53 Å². The van der Waals surface area contributed by atoms with Gasteiger partial charge in [-0.15, -0.1) is 11.3 Å². The highest BCUT2D eigenvalue weighted by Gasteiger charge is 2.37. The van der Waals surface area contributed by atoms with Crippen LogP contribution < -0.4 is 0 Å². The molecular weight excluding hydrogens is 354 g/mol. The van der Waals surface area contributed by atoms with Gasteiger partial charge in [0.2, 0.25) is 0 Å². The van der Waals surface area contributed by atoms with Gasteiger partial charge >= 0.3 is 6.09 Å². The van der Waals surface area contributed by atoms with E-state index in [4.69, 9.17) is 4.74 Å². The Morgan fingerprint density at radius 1 is 1.35 bits per heavy atom. The molecule has 0 saturated heterocycles. The van der Waals surface area contributed by atoms with Gasteiger partial charge in [-0.25, -0.2) is 19.8 Å². The van der Waals surface area contributed by atoms with E-state index < -0.39 is 17.6 Å². The Labute approximate surface area is 153 Å². The normalized spacial score (nSPS) is 16.6. The summed E-state index contributed by atoms with van der Waals surface area (Å²) >= 11 is 1.44. The molecule has 2 aromatic heterocycles. The quantitative estimate of drug-likeness (QED) is 0.836. The van der Waals surface area contributed by atoms with Crippen molar-refractivity contribution in [1.82, 2.24) is 19.9 Å². The van der Waals surface area contributed by atoms with E-state index in [-0.39, 0.29) is 11.5 Å². The molecule has 0 unspecified atom stereocenters. The maximum Gasteiger partial charge on any atom is 0.423 e. The fourth-order valence-corrected chi connectivity index (χ4v) is 2.61. The highest BCUT2D eigenvalue weighted by atomic mass is 32.1. The number of ether oxygens (including phenoxy) is 1. The van der Waals surface area contributed by atoms with Crippen molar-refractivity contribution in [2.45, 2.75) is 26.4 Å². The van der Waals surface area contributed by atoms with Crippen molar-refractivity contribution < 1.29 is 14.3 Å². The average molecular weight is 371 g/mol. The lowest BCUT2D eigenvalue weighted by atomic mass is 10.2. The Kier molecular flexibility index (Phi) is 4.81. The second-order valence-corrected chi connectivity index (χ2v) is 7.09. The average Bonchev–Trinajstić information content (AvgIpc) is 3.27. The zero-order chi connectivity index (χ0) is 18.7. The molecule has 0 spiro atoms. The molecule has 3 heterocycles. The molecule has 134 valence electrons. The van der Waals surface area contributed by atoms with Crippen molar-refractivity contribution >= 4 is 41.3 Å². The Hall–Kier alpha value is -3.07. The maximum atomic E-state index is 12.7. The Bertz CT molecular complexity index is 889. The van der Waals surface area contributed by atoms with Gasteiger partial charge in [0.15, 0.2) is 0 Å². The van der Waals surface area contributed by atoms with E-state index in [0.29, 0.717) is 11.4 Å². The molecule has 3 rings (SSSR count). The van der Waals surface area contributed by atoms with Crippen molar-refractivity contribution in [3.05, 3.63) is 46.6 Å². The number of imide groups is 1. The molecule has 0 bridgehead atoms. The van der Waals surface area contributed by atoms with Gasteiger partial charge in [-0.2, -0.15) is 4.90 Å². The van der Waals surface area contributed by atoms with Gasteiger partial charge in [0, 0.05) is 5.38 Å². The van der Waals surface area contributed by atoms with Gasteiger partial charge in [-0.3, -0.25) is 4.79 Å². The number of thiazole rings is 1. The molecule has 9 heteroatoms. The molecule has 0 saturated carbocycles. The third-order valence-corrected chi connectivity index (χ3v) is 3.73. The van der Waals surface area contributed by atoms with Crippen molar-refractivity contribution in [2.75, 3.05) is 0 Å². The minimum absolute atomic E-state index is 0.109.